The van der Waals surface area contributed by atoms with Gasteiger partial charge in [-0.3, -0.25) is 9.69 Å². The number of hydrogen-bond donors (Lipinski definition) is 1. The minimum atomic E-state index is -1.02. The van der Waals surface area contributed by atoms with Gasteiger partial charge >= 0.3 is 5.97 Å². The maximum atomic E-state index is 12.6. The smallest absolute Gasteiger partial charge is 0.326 e. The van der Waals surface area contributed by atoms with Crippen LogP contribution in [0.1, 0.15) is 17.5 Å². The second-order valence-electron chi connectivity index (χ2n) is 5.10. The number of nitrogens with zero attached hydrogens (tertiary/aromatic N) is 1. The second-order valence-corrected chi connectivity index (χ2v) is 7.76. The molecule has 7 heteroatoms. The van der Waals surface area contributed by atoms with Gasteiger partial charge in [-0.1, -0.05) is 53.8 Å². The molecule has 0 saturated carbocycles. The zero-order valence-corrected chi connectivity index (χ0v) is 15.3. The molecule has 1 aliphatic heterocycles. The number of thioether (sulfide) groups is 2. The number of rotatable bonds is 6. The van der Waals surface area contributed by atoms with Gasteiger partial charge in [0.25, 0.3) is 5.91 Å². The molecule has 1 N–H and O–H groups in total. The fraction of sp³-hybridized carbons (Fsp3) is 0.312. The van der Waals surface area contributed by atoms with Crippen molar-refractivity contribution in [3.05, 3.63) is 40.3 Å². The van der Waals surface area contributed by atoms with E-state index in [0.29, 0.717) is 21.4 Å². The van der Waals surface area contributed by atoms with E-state index >= 15 is 0 Å². The summed E-state index contributed by atoms with van der Waals surface area (Å²) in [5, 5.41) is 9.41. The molecular formula is C16H17NO3S3. The van der Waals surface area contributed by atoms with Crippen LogP contribution < -0.4 is 0 Å². The van der Waals surface area contributed by atoms with Gasteiger partial charge in [-0.15, -0.1) is 0 Å². The lowest BCUT2D eigenvalue weighted by atomic mass is 10.1. The average molecular weight is 368 g/mol. The van der Waals surface area contributed by atoms with Crippen molar-refractivity contribution in [3.63, 3.8) is 0 Å². The van der Waals surface area contributed by atoms with Crippen molar-refractivity contribution >= 4 is 58.0 Å². The second kappa shape index (κ2) is 7.99. The molecule has 4 nitrogen and oxygen atoms in total. The average Bonchev–Trinajstić information content (AvgIpc) is 2.77. The summed E-state index contributed by atoms with van der Waals surface area (Å²) >= 11 is 7.94. The Hall–Kier alpha value is -1.31. The van der Waals surface area contributed by atoms with Gasteiger partial charge in [0.05, 0.1) is 4.91 Å². The van der Waals surface area contributed by atoms with E-state index in [0.717, 1.165) is 22.9 Å². The summed E-state index contributed by atoms with van der Waals surface area (Å²) in [5.41, 5.74) is 2.03. The summed E-state index contributed by atoms with van der Waals surface area (Å²) in [5.74, 6) is -0.689. The van der Waals surface area contributed by atoms with Crippen LogP contribution in [0.2, 0.25) is 0 Å². The summed E-state index contributed by atoms with van der Waals surface area (Å²) in [4.78, 5) is 25.8. The standard InChI is InChI=1S/C16H17NO3S3/c1-10-3-5-11(6-4-10)9-13-14(18)17(16(21)23-13)12(15(19)20)7-8-22-2/h3-6,9,12H,7-8H2,1-2H3,(H,19,20)/b13-9+. The molecule has 2 rings (SSSR count). The normalized spacial score (nSPS) is 17.8. The van der Waals surface area contributed by atoms with Crippen LogP contribution in [0.5, 0.6) is 0 Å². The van der Waals surface area contributed by atoms with Gasteiger partial charge in [-0.25, -0.2) is 4.79 Å². The molecule has 1 aromatic carbocycles. The molecule has 1 aromatic rings. The molecule has 0 radical (unpaired) electrons. The highest BCUT2D eigenvalue weighted by Crippen LogP contribution is 2.34. The molecule has 1 saturated heterocycles. The van der Waals surface area contributed by atoms with E-state index in [1.807, 2.05) is 37.4 Å². The Labute approximate surface area is 149 Å². The van der Waals surface area contributed by atoms with Crippen LogP contribution in [0.25, 0.3) is 6.08 Å². The van der Waals surface area contributed by atoms with E-state index in [1.54, 1.807) is 17.8 Å². The Balaban J connectivity index is 2.24. The molecule has 1 fully saturated rings. The summed E-state index contributed by atoms with van der Waals surface area (Å²) in [6, 6.07) is 6.86. The number of carbonyl (C=O) groups is 2. The highest BCUT2D eigenvalue weighted by atomic mass is 32.2. The zero-order valence-electron chi connectivity index (χ0n) is 12.8. The lowest BCUT2D eigenvalue weighted by Gasteiger charge is -2.22. The molecule has 0 aliphatic carbocycles. The highest BCUT2D eigenvalue weighted by molar-refractivity contribution is 8.26. The van der Waals surface area contributed by atoms with Crippen LogP contribution in [0.4, 0.5) is 0 Å². The van der Waals surface area contributed by atoms with Gasteiger partial charge < -0.3 is 5.11 Å². The number of hydrogen-bond acceptors (Lipinski definition) is 5. The molecule has 1 aliphatic rings. The summed E-state index contributed by atoms with van der Waals surface area (Å²) in [6.07, 6.45) is 4.04. The third kappa shape index (κ3) is 4.37. The van der Waals surface area contributed by atoms with E-state index in [-0.39, 0.29) is 5.91 Å². The number of amides is 1. The number of aliphatic carboxylic acids is 1. The fourth-order valence-corrected chi connectivity index (χ4v) is 3.97. The molecule has 23 heavy (non-hydrogen) atoms. The minimum absolute atomic E-state index is 0.307. The zero-order chi connectivity index (χ0) is 17.0. The Bertz CT molecular complexity index is 655. The minimum Gasteiger partial charge on any atom is -0.480 e. The van der Waals surface area contributed by atoms with Crippen molar-refractivity contribution in [1.82, 2.24) is 4.90 Å². The van der Waals surface area contributed by atoms with Crippen molar-refractivity contribution < 1.29 is 14.7 Å². The Morgan fingerprint density at radius 2 is 2.09 bits per heavy atom. The summed E-state index contributed by atoms with van der Waals surface area (Å²) in [7, 11) is 0. The lowest BCUT2D eigenvalue weighted by molar-refractivity contribution is -0.145. The van der Waals surface area contributed by atoms with Crippen LogP contribution in [0, 0.1) is 6.92 Å². The first-order chi connectivity index (χ1) is 10.9. The van der Waals surface area contributed by atoms with E-state index in [2.05, 4.69) is 0 Å². The van der Waals surface area contributed by atoms with Crippen LogP contribution >= 0.6 is 35.7 Å². The molecule has 1 unspecified atom stereocenters. The maximum absolute atomic E-state index is 12.6. The van der Waals surface area contributed by atoms with Gasteiger partial charge in [0.2, 0.25) is 0 Å². The van der Waals surface area contributed by atoms with Crippen LogP contribution in [-0.4, -0.2) is 44.3 Å². The van der Waals surface area contributed by atoms with Crippen LogP contribution in [0.3, 0.4) is 0 Å². The lowest BCUT2D eigenvalue weighted by Crippen LogP contribution is -2.44. The van der Waals surface area contributed by atoms with Gasteiger partial charge in [0, 0.05) is 0 Å². The predicted molar refractivity (Wildman–Crippen MR) is 101 cm³/mol. The first-order valence-electron chi connectivity index (χ1n) is 6.99. The Morgan fingerprint density at radius 1 is 1.43 bits per heavy atom. The third-order valence-corrected chi connectivity index (χ3v) is 5.37. The number of carboxylic acid groups (broad SMARTS) is 1. The van der Waals surface area contributed by atoms with E-state index in [1.165, 1.54) is 4.90 Å². The third-order valence-electron chi connectivity index (χ3n) is 3.39. The van der Waals surface area contributed by atoms with Crippen molar-refractivity contribution in [2.45, 2.75) is 19.4 Å². The number of carboxylic acids is 1. The van der Waals surface area contributed by atoms with Crippen molar-refractivity contribution in [2.24, 2.45) is 0 Å². The van der Waals surface area contributed by atoms with E-state index in [9.17, 15) is 14.7 Å². The van der Waals surface area contributed by atoms with E-state index < -0.39 is 12.0 Å². The van der Waals surface area contributed by atoms with Gasteiger partial charge in [0.15, 0.2) is 0 Å². The Morgan fingerprint density at radius 3 is 2.65 bits per heavy atom. The summed E-state index contributed by atoms with van der Waals surface area (Å²) in [6.45, 7) is 1.99. The molecular weight excluding hydrogens is 350 g/mol. The molecule has 1 amide bonds. The quantitative estimate of drug-likeness (QED) is 0.614. The van der Waals surface area contributed by atoms with E-state index in [4.69, 9.17) is 12.2 Å². The Kier molecular flexibility index (Phi) is 6.26. The van der Waals surface area contributed by atoms with Crippen molar-refractivity contribution in [2.75, 3.05) is 12.0 Å². The molecule has 1 atom stereocenters. The monoisotopic (exact) mass is 367 g/mol. The highest BCUT2D eigenvalue weighted by Gasteiger charge is 2.40. The molecule has 0 bridgehead atoms. The first-order valence-corrected chi connectivity index (χ1v) is 9.61. The number of benzene rings is 1. The molecule has 0 aromatic heterocycles. The SMILES string of the molecule is CSCCC(C(=O)O)N1C(=O)/C(=C\c2ccc(C)cc2)SC1=S. The van der Waals surface area contributed by atoms with Crippen LogP contribution in [-0.2, 0) is 9.59 Å². The molecule has 1 heterocycles. The summed E-state index contributed by atoms with van der Waals surface area (Å²) < 4.78 is 0.307. The predicted octanol–water partition coefficient (Wildman–Crippen LogP) is 3.40. The molecule has 0 spiro atoms. The largest absolute Gasteiger partial charge is 0.480 e. The fourth-order valence-electron chi connectivity index (χ4n) is 2.16. The number of aryl methyl sites for hydroxylation is 1. The van der Waals surface area contributed by atoms with Crippen molar-refractivity contribution in [1.29, 1.82) is 0 Å². The maximum Gasteiger partial charge on any atom is 0.326 e. The first kappa shape index (κ1) is 18.0. The van der Waals surface area contributed by atoms with Crippen LogP contribution in [0.15, 0.2) is 29.2 Å². The molecule has 122 valence electrons. The number of thiocarbonyl (C=S) groups is 1. The topological polar surface area (TPSA) is 57.6 Å². The van der Waals surface area contributed by atoms with Gasteiger partial charge in [-0.2, -0.15) is 11.8 Å². The van der Waals surface area contributed by atoms with Gasteiger partial charge in [0.1, 0.15) is 10.4 Å². The van der Waals surface area contributed by atoms with Crippen molar-refractivity contribution in [3.8, 4) is 0 Å². The van der Waals surface area contributed by atoms with Gasteiger partial charge in [-0.05, 0) is 37.0 Å². The number of carbonyl (C=O) groups excluding carboxylic acids is 1.